The van der Waals surface area contributed by atoms with Crippen molar-refractivity contribution in [2.24, 2.45) is 0 Å². The monoisotopic (exact) mass is 690 g/mol. The number of benzene rings is 2. The molecule has 9 nitrogen and oxygen atoms in total. The van der Waals surface area contributed by atoms with Gasteiger partial charge in [-0.25, -0.2) is 18.4 Å². The van der Waals surface area contributed by atoms with E-state index in [-0.39, 0.29) is 60.4 Å². The Balaban J connectivity index is 1.74. The maximum absolute atomic E-state index is 15.3. The summed E-state index contributed by atoms with van der Waals surface area (Å²) in [5.41, 5.74) is -3.71. The molecule has 0 unspecified atom stereocenters. The van der Waals surface area contributed by atoms with Gasteiger partial charge in [0.25, 0.3) is 0 Å². The van der Waals surface area contributed by atoms with Crippen LogP contribution in [0.15, 0.2) is 27.9 Å². The van der Waals surface area contributed by atoms with Crippen molar-refractivity contribution >= 4 is 46.2 Å². The Morgan fingerprint density at radius 1 is 1.13 bits per heavy atom. The number of methoxy groups -OCH3 is 1. The first-order valence-electron chi connectivity index (χ1n) is 14.3. The Bertz CT molecular complexity index is 1730. The molecule has 1 fully saturated rings. The SMILES string of the molecule is COCOC[C@H]1CSc2c(-c3cc(Cl)c(F)cc3F)c(C(F)(F)F)cc3c(N4CCN(C(=O)OC(C)(C)C)C[C@@H]4C)nc(=O)n1c23. The number of carbonyl (C=O) groups is 1. The van der Waals surface area contributed by atoms with Crippen LogP contribution in [-0.2, 0) is 20.4 Å². The highest BCUT2D eigenvalue weighted by Gasteiger charge is 2.41. The molecule has 0 spiro atoms. The number of anilines is 1. The van der Waals surface area contributed by atoms with Crippen LogP contribution in [0, 0.1) is 11.6 Å². The summed E-state index contributed by atoms with van der Waals surface area (Å²) in [5, 5.41) is -0.561. The number of halogens is 6. The highest BCUT2D eigenvalue weighted by Crippen LogP contribution is 2.50. The van der Waals surface area contributed by atoms with E-state index in [9.17, 15) is 27.2 Å². The highest BCUT2D eigenvalue weighted by atomic mass is 35.5. The van der Waals surface area contributed by atoms with Crippen molar-refractivity contribution in [3.8, 4) is 11.1 Å². The third kappa shape index (κ3) is 6.64. The third-order valence-corrected chi connectivity index (χ3v) is 9.10. The molecule has 0 bridgehead atoms. The van der Waals surface area contributed by atoms with E-state index in [0.717, 1.165) is 23.9 Å². The van der Waals surface area contributed by atoms with Crippen molar-refractivity contribution < 1.29 is 41.0 Å². The second-order valence-electron chi connectivity index (χ2n) is 12.1. The van der Waals surface area contributed by atoms with Crippen molar-refractivity contribution in [3.63, 3.8) is 0 Å². The average molecular weight is 691 g/mol. The molecule has 0 aliphatic carbocycles. The zero-order valence-corrected chi connectivity index (χ0v) is 27.2. The van der Waals surface area contributed by atoms with Gasteiger partial charge in [-0.05, 0) is 39.8 Å². The molecule has 2 aliphatic rings. The van der Waals surface area contributed by atoms with Gasteiger partial charge in [-0.3, -0.25) is 4.57 Å². The first kappa shape index (κ1) is 34.2. The summed E-state index contributed by atoms with van der Waals surface area (Å²) in [6, 6.07) is 0.956. The van der Waals surface area contributed by atoms with Gasteiger partial charge >= 0.3 is 18.0 Å². The maximum Gasteiger partial charge on any atom is 0.417 e. The molecule has 3 aromatic rings. The van der Waals surface area contributed by atoms with Gasteiger partial charge < -0.3 is 24.0 Å². The fourth-order valence-electron chi connectivity index (χ4n) is 5.67. The van der Waals surface area contributed by atoms with Gasteiger partial charge in [0.15, 0.2) is 0 Å². The highest BCUT2D eigenvalue weighted by molar-refractivity contribution is 7.99. The minimum Gasteiger partial charge on any atom is -0.444 e. The van der Waals surface area contributed by atoms with Crippen LogP contribution >= 0.6 is 23.4 Å². The summed E-state index contributed by atoms with van der Waals surface area (Å²) >= 11 is 6.92. The van der Waals surface area contributed by atoms with Crippen molar-refractivity contribution in [3.05, 3.63) is 50.9 Å². The second kappa shape index (κ2) is 12.8. The van der Waals surface area contributed by atoms with E-state index in [1.807, 2.05) is 0 Å². The van der Waals surface area contributed by atoms with E-state index in [1.54, 1.807) is 32.6 Å². The number of rotatable bonds is 6. The molecular weight excluding hydrogens is 659 g/mol. The quantitative estimate of drug-likeness (QED) is 0.122. The van der Waals surface area contributed by atoms with Gasteiger partial charge in [0.05, 0.1) is 28.8 Å². The zero-order valence-electron chi connectivity index (χ0n) is 25.6. The summed E-state index contributed by atoms with van der Waals surface area (Å²) in [7, 11) is 1.42. The molecule has 1 aromatic heterocycles. The van der Waals surface area contributed by atoms with Gasteiger partial charge in [0.1, 0.15) is 29.8 Å². The topological polar surface area (TPSA) is 86.1 Å². The fraction of sp³-hybridized carbons (Fsp3) is 0.500. The number of nitrogens with zero attached hydrogens (tertiary/aromatic N) is 4. The number of hydrogen-bond acceptors (Lipinski definition) is 8. The number of hydrogen-bond donors (Lipinski definition) is 0. The van der Waals surface area contributed by atoms with E-state index < -0.39 is 69.0 Å². The first-order valence-corrected chi connectivity index (χ1v) is 15.7. The van der Waals surface area contributed by atoms with Gasteiger partial charge in [-0.15, -0.1) is 11.8 Å². The molecule has 0 N–H and O–H groups in total. The minimum atomic E-state index is -4.99. The van der Waals surface area contributed by atoms with Crippen molar-refractivity contribution in [2.75, 3.05) is 50.8 Å². The van der Waals surface area contributed by atoms with Crippen molar-refractivity contribution in [1.82, 2.24) is 14.5 Å². The van der Waals surface area contributed by atoms with Crippen LogP contribution in [0.2, 0.25) is 5.02 Å². The van der Waals surface area contributed by atoms with E-state index in [2.05, 4.69) is 4.98 Å². The van der Waals surface area contributed by atoms with Crippen LogP contribution in [0.1, 0.15) is 39.3 Å². The average Bonchev–Trinajstić information content (AvgIpc) is 2.95. The number of carbonyl (C=O) groups excluding carboxylic acids is 1. The summed E-state index contributed by atoms with van der Waals surface area (Å²) in [6.45, 7) is 7.31. The number of piperazine rings is 1. The van der Waals surface area contributed by atoms with Crippen molar-refractivity contribution in [2.45, 2.75) is 56.5 Å². The van der Waals surface area contributed by atoms with E-state index in [1.165, 1.54) is 16.6 Å². The predicted octanol–water partition coefficient (Wildman–Crippen LogP) is 6.73. The summed E-state index contributed by atoms with van der Waals surface area (Å²) < 4.78 is 91.2. The number of ether oxygens (including phenoxy) is 3. The Morgan fingerprint density at radius 2 is 1.85 bits per heavy atom. The molecule has 2 aliphatic heterocycles. The Hall–Kier alpha value is -3.14. The van der Waals surface area contributed by atoms with Crippen LogP contribution in [0.4, 0.5) is 32.6 Å². The van der Waals surface area contributed by atoms with Gasteiger partial charge in [0, 0.05) is 66.0 Å². The van der Waals surface area contributed by atoms with Crippen LogP contribution in [0.5, 0.6) is 0 Å². The molecule has 0 saturated carbocycles. The lowest BCUT2D eigenvalue weighted by Gasteiger charge is -2.41. The Kier molecular flexibility index (Phi) is 9.53. The van der Waals surface area contributed by atoms with Crippen molar-refractivity contribution in [1.29, 1.82) is 0 Å². The second-order valence-corrected chi connectivity index (χ2v) is 13.5. The largest absolute Gasteiger partial charge is 0.444 e. The molecule has 250 valence electrons. The molecule has 5 rings (SSSR count). The van der Waals surface area contributed by atoms with Crippen LogP contribution < -0.4 is 10.6 Å². The summed E-state index contributed by atoms with van der Waals surface area (Å²) in [4.78, 5) is 33.9. The molecule has 2 atom stereocenters. The third-order valence-electron chi connectivity index (χ3n) is 7.58. The molecule has 16 heteroatoms. The fourth-order valence-corrected chi connectivity index (χ4v) is 7.15. The lowest BCUT2D eigenvalue weighted by atomic mass is 9.95. The maximum atomic E-state index is 15.3. The lowest BCUT2D eigenvalue weighted by molar-refractivity contribution is -0.137. The first-order chi connectivity index (χ1) is 21.5. The molecular formula is C30H32ClF5N4O5S. The number of thioether (sulfide) groups is 1. The Labute approximate surface area is 270 Å². The van der Waals surface area contributed by atoms with Gasteiger partial charge in [0.2, 0.25) is 0 Å². The molecule has 3 heterocycles. The molecule has 1 amide bonds. The molecule has 1 saturated heterocycles. The Morgan fingerprint density at radius 3 is 2.48 bits per heavy atom. The standard InChI is InChI=1S/C30H32ClF5N4O5S/c1-15-11-38(28(42)45-29(2,3)4)6-7-39(15)26-18-8-19(30(34,35)36)23(17-9-20(31)22(33)10-21(17)32)25-24(18)40(27(41)37-26)16(13-46-25)12-44-14-43-5/h8-10,15-16H,6-7,11-14H2,1-5H3/t15-,16-/m0/s1. The number of amides is 1. The minimum absolute atomic E-state index is 0.000742. The predicted molar refractivity (Wildman–Crippen MR) is 164 cm³/mol. The summed E-state index contributed by atoms with van der Waals surface area (Å²) in [6.07, 6.45) is -5.53. The zero-order chi connectivity index (χ0) is 33.7. The van der Waals surface area contributed by atoms with Crippen LogP contribution in [-0.4, -0.2) is 78.1 Å². The van der Waals surface area contributed by atoms with E-state index in [4.69, 9.17) is 25.8 Å². The lowest BCUT2D eigenvalue weighted by Crippen LogP contribution is -2.55. The number of alkyl halides is 3. The molecule has 2 aromatic carbocycles. The molecule has 46 heavy (non-hydrogen) atoms. The summed E-state index contributed by atoms with van der Waals surface area (Å²) in [5.74, 6) is -2.30. The van der Waals surface area contributed by atoms with E-state index >= 15 is 4.39 Å². The van der Waals surface area contributed by atoms with Crippen LogP contribution in [0.3, 0.4) is 0 Å². The van der Waals surface area contributed by atoms with Crippen LogP contribution in [0.25, 0.3) is 22.0 Å². The normalized spacial score (nSPS) is 18.8. The van der Waals surface area contributed by atoms with Gasteiger partial charge in [-0.1, -0.05) is 11.6 Å². The smallest absolute Gasteiger partial charge is 0.417 e. The van der Waals surface area contributed by atoms with E-state index in [0.29, 0.717) is 6.07 Å². The molecule has 0 radical (unpaired) electrons. The van der Waals surface area contributed by atoms with Gasteiger partial charge in [-0.2, -0.15) is 18.2 Å². The number of aromatic nitrogens is 2.